The molecule has 1 heterocycles. The fraction of sp³-hybridized carbons (Fsp3) is 0.917. The van der Waals surface area contributed by atoms with E-state index in [2.05, 4.69) is 5.32 Å². The predicted molar refractivity (Wildman–Crippen MR) is 58.5 cm³/mol. The molecule has 0 aromatic heterocycles. The summed E-state index contributed by atoms with van der Waals surface area (Å²) < 4.78 is 5.08. The van der Waals surface area contributed by atoms with Gasteiger partial charge in [0.05, 0.1) is 12.5 Å². The van der Waals surface area contributed by atoms with Crippen molar-refractivity contribution in [2.24, 2.45) is 11.8 Å². The van der Waals surface area contributed by atoms with Gasteiger partial charge in [-0.2, -0.15) is 0 Å². The van der Waals surface area contributed by atoms with Crippen LogP contribution in [0, 0.1) is 11.8 Å². The number of esters is 1. The van der Waals surface area contributed by atoms with E-state index in [1.54, 1.807) is 0 Å². The van der Waals surface area contributed by atoms with Crippen LogP contribution < -0.4 is 5.32 Å². The number of fused-ring (bicyclic) bond motifs is 1. The van der Waals surface area contributed by atoms with Crippen LogP contribution in [0.2, 0.25) is 0 Å². The van der Waals surface area contributed by atoms with Crippen LogP contribution in [0.3, 0.4) is 0 Å². The minimum absolute atomic E-state index is 0.00553. The molecule has 1 aliphatic heterocycles. The van der Waals surface area contributed by atoms with Crippen LogP contribution >= 0.6 is 0 Å². The molecule has 0 radical (unpaired) electrons. The number of hydrogen-bond acceptors (Lipinski definition) is 3. The van der Waals surface area contributed by atoms with Crippen molar-refractivity contribution >= 4 is 5.97 Å². The molecule has 0 aromatic rings. The van der Waals surface area contributed by atoms with Gasteiger partial charge in [0.25, 0.3) is 0 Å². The zero-order valence-electron chi connectivity index (χ0n) is 9.50. The van der Waals surface area contributed by atoms with Crippen LogP contribution in [0.25, 0.3) is 0 Å². The first-order chi connectivity index (χ1) is 7.31. The van der Waals surface area contributed by atoms with Gasteiger partial charge in [-0.1, -0.05) is 12.8 Å². The summed E-state index contributed by atoms with van der Waals surface area (Å²) in [7, 11) is 0. The van der Waals surface area contributed by atoms with Crippen LogP contribution in [-0.2, 0) is 9.53 Å². The lowest BCUT2D eigenvalue weighted by Gasteiger charge is -2.39. The van der Waals surface area contributed by atoms with Crippen molar-refractivity contribution in [2.75, 3.05) is 13.2 Å². The van der Waals surface area contributed by atoms with Crippen LogP contribution in [0.4, 0.5) is 0 Å². The predicted octanol–water partition coefficient (Wildman–Crippen LogP) is 1.72. The summed E-state index contributed by atoms with van der Waals surface area (Å²) in [6.45, 7) is 3.20. The molecule has 1 saturated carbocycles. The monoisotopic (exact) mass is 211 g/mol. The molecule has 15 heavy (non-hydrogen) atoms. The second kappa shape index (κ2) is 4.97. The lowest BCUT2D eigenvalue weighted by atomic mass is 9.76. The molecule has 0 amide bonds. The van der Waals surface area contributed by atoms with Gasteiger partial charge in [-0.05, 0) is 32.1 Å². The van der Waals surface area contributed by atoms with Gasteiger partial charge in [0.1, 0.15) is 0 Å². The van der Waals surface area contributed by atoms with E-state index in [0.29, 0.717) is 18.6 Å². The Kier molecular flexibility index (Phi) is 3.62. The Morgan fingerprint density at radius 2 is 2.20 bits per heavy atom. The fourth-order valence-electron chi connectivity index (χ4n) is 2.94. The van der Waals surface area contributed by atoms with Crippen molar-refractivity contribution in [3.05, 3.63) is 0 Å². The molecule has 0 spiro atoms. The quantitative estimate of drug-likeness (QED) is 0.707. The van der Waals surface area contributed by atoms with Crippen molar-refractivity contribution in [3.63, 3.8) is 0 Å². The fourth-order valence-corrected chi connectivity index (χ4v) is 2.94. The van der Waals surface area contributed by atoms with Crippen molar-refractivity contribution in [2.45, 2.75) is 45.1 Å². The molecule has 0 bridgehead atoms. The number of nitrogens with one attached hydrogen (secondary N) is 1. The molecule has 3 unspecified atom stereocenters. The number of ether oxygens (including phenoxy) is 1. The second-order valence-electron chi connectivity index (χ2n) is 4.74. The molecule has 2 fully saturated rings. The number of carbonyl (C=O) groups is 1. The summed E-state index contributed by atoms with van der Waals surface area (Å²) in [4.78, 5) is 11.6. The highest BCUT2D eigenvalue weighted by Gasteiger charge is 2.35. The van der Waals surface area contributed by atoms with Gasteiger partial charge >= 0.3 is 5.97 Å². The molecule has 3 nitrogen and oxygen atoms in total. The van der Waals surface area contributed by atoms with Gasteiger partial charge in [-0.3, -0.25) is 4.79 Å². The molecule has 2 aliphatic rings. The summed E-state index contributed by atoms with van der Waals surface area (Å²) >= 11 is 0. The maximum absolute atomic E-state index is 11.6. The van der Waals surface area contributed by atoms with E-state index in [-0.39, 0.29) is 11.9 Å². The first kappa shape index (κ1) is 10.9. The van der Waals surface area contributed by atoms with Gasteiger partial charge in [0.2, 0.25) is 0 Å². The Morgan fingerprint density at radius 3 is 3.00 bits per heavy atom. The van der Waals surface area contributed by atoms with E-state index in [0.717, 1.165) is 13.0 Å². The SMILES string of the molecule is CCOC(=O)C1CNC2CCCCC2C1. The smallest absolute Gasteiger partial charge is 0.310 e. The van der Waals surface area contributed by atoms with Crippen molar-refractivity contribution in [1.82, 2.24) is 5.32 Å². The molecular weight excluding hydrogens is 190 g/mol. The molecule has 3 heteroatoms. The van der Waals surface area contributed by atoms with E-state index in [1.165, 1.54) is 25.7 Å². The van der Waals surface area contributed by atoms with Crippen molar-refractivity contribution < 1.29 is 9.53 Å². The Balaban J connectivity index is 1.87. The molecule has 1 aliphatic carbocycles. The summed E-state index contributed by atoms with van der Waals surface area (Å²) in [6, 6.07) is 0.671. The number of hydrogen-bond donors (Lipinski definition) is 1. The third kappa shape index (κ3) is 2.51. The van der Waals surface area contributed by atoms with Gasteiger partial charge in [-0.15, -0.1) is 0 Å². The highest BCUT2D eigenvalue weighted by molar-refractivity contribution is 5.72. The van der Waals surface area contributed by atoms with Crippen molar-refractivity contribution in [3.8, 4) is 0 Å². The van der Waals surface area contributed by atoms with Crippen LogP contribution in [0.1, 0.15) is 39.0 Å². The van der Waals surface area contributed by atoms with Crippen LogP contribution in [0.15, 0.2) is 0 Å². The standard InChI is InChI=1S/C12H21NO2/c1-2-15-12(14)10-7-9-5-3-4-6-11(9)13-8-10/h9-11,13H,2-8H2,1H3. The van der Waals surface area contributed by atoms with Crippen LogP contribution in [-0.4, -0.2) is 25.2 Å². The molecule has 1 saturated heterocycles. The maximum Gasteiger partial charge on any atom is 0.310 e. The average molecular weight is 211 g/mol. The Bertz CT molecular complexity index is 230. The Labute approximate surface area is 91.6 Å². The molecule has 86 valence electrons. The summed E-state index contributed by atoms with van der Waals surface area (Å²) in [6.07, 6.45) is 6.29. The first-order valence-corrected chi connectivity index (χ1v) is 6.21. The second-order valence-corrected chi connectivity index (χ2v) is 4.74. The van der Waals surface area contributed by atoms with E-state index in [1.807, 2.05) is 6.92 Å². The normalized spacial score (nSPS) is 35.7. The van der Waals surface area contributed by atoms with E-state index in [4.69, 9.17) is 4.74 Å². The largest absolute Gasteiger partial charge is 0.466 e. The van der Waals surface area contributed by atoms with Gasteiger partial charge in [0, 0.05) is 12.6 Å². The highest BCUT2D eigenvalue weighted by atomic mass is 16.5. The van der Waals surface area contributed by atoms with Gasteiger partial charge in [-0.25, -0.2) is 0 Å². The van der Waals surface area contributed by atoms with E-state index in [9.17, 15) is 4.79 Å². The zero-order valence-corrected chi connectivity index (χ0v) is 9.50. The molecule has 3 atom stereocenters. The topological polar surface area (TPSA) is 38.3 Å². The zero-order chi connectivity index (χ0) is 10.7. The molecular formula is C12H21NO2. The van der Waals surface area contributed by atoms with Crippen molar-refractivity contribution in [1.29, 1.82) is 0 Å². The summed E-state index contributed by atoms with van der Waals surface area (Å²) in [5.74, 6) is 0.806. The molecule has 1 N–H and O–H groups in total. The number of carbonyl (C=O) groups excluding carboxylic acids is 1. The lowest BCUT2D eigenvalue weighted by Crippen LogP contribution is -2.49. The van der Waals surface area contributed by atoms with Gasteiger partial charge < -0.3 is 10.1 Å². The number of piperidine rings is 1. The first-order valence-electron chi connectivity index (χ1n) is 6.21. The minimum atomic E-state index is -0.00553. The Hall–Kier alpha value is -0.570. The minimum Gasteiger partial charge on any atom is -0.466 e. The third-order valence-corrected chi connectivity index (χ3v) is 3.74. The number of rotatable bonds is 2. The summed E-state index contributed by atoms with van der Waals surface area (Å²) in [5.41, 5.74) is 0. The van der Waals surface area contributed by atoms with Gasteiger partial charge in [0.15, 0.2) is 0 Å². The molecule has 2 rings (SSSR count). The highest BCUT2D eigenvalue weighted by Crippen LogP contribution is 2.33. The van der Waals surface area contributed by atoms with E-state index < -0.39 is 0 Å². The average Bonchev–Trinajstić information content (AvgIpc) is 2.29. The van der Waals surface area contributed by atoms with Crippen LogP contribution in [0.5, 0.6) is 0 Å². The third-order valence-electron chi connectivity index (χ3n) is 3.74. The summed E-state index contributed by atoms with van der Waals surface area (Å²) in [5, 5.41) is 3.51. The molecule has 0 aromatic carbocycles. The lowest BCUT2D eigenvalue weighted by molar-refractivity contribution is -0.149. The maximum atomic E-state index is 11.6. The van der Waals surface area contributed by atoms with E-state index >= 15 is 0 Å². The Morgan fingerprint density at radius 1 is 1.40 bits per heavy atom.